The van der Waals surface area contributed by atoms with Crippen LogP contribution in [0.5, 0.6) is 0 Å². The largest absolute Gasteiger partial charge is 0.369 e. The highest BCUT2D eigenvalue weighted by Gasteiger charge is 2.36. The molecular formula is C20H25ClN4O3. The normalized spacial score (nSPS) is 21.7. The third kappa shape index (κ3) is 4.54. The van der Waals surface area contributed by atoms with Gasteiger partial charge in [0, 0.05) is 40.9 Å². The lowest BCUT2D eigenvalue weighted by molar-refractivity contribution is -0.135. The maximum absolute atomic E-state index is 12.4. The fraction of sp³-hybridized carbons (Fsp3) is 0.450. The minimum absolute atomic E-state index is 0.0352. The van der Waals surface area contributed by atoms with Crippen LogP contribution in [0.2, 0.25) is 5.02 Å². The maximum atomic E-state index is 12.4. The van der Waals surface area contributed by atoms with Gasteiger partial charge in [0.25, 0.3) is 0 Å². The minimum Gasteiger partial charge on any atom is -0.369 e. The summed E-state index contributed by atoms with van der Waals surface area (Å²) in [6.07, 6.45) is 1.50. The molecule has 2 unspecified atom stereocenters. The van der Waals surface area contributed by atoms with E-state index >= 15 is 0 Å². The molecule has 2 aliphatic rings. The number of rotatable bonds is 6. The Morgan fingerprint density at radius 2 is 2.07 bits per heavy atom. The second kappa shape index (κ2) is 8.75. The van der Waals surface area contributed by atoms with Crippen molar-refractivity contribution in [1.29, 1.82) is 0 Å². The van der Waals surface area contributed by atoms with Crippen molar-refractivity contribution in [2.45, 2.75) is 38.8 Å². The van der Waals surface area contributed by atoms with Crippen molar-refractivity contribution in [3.63, 3.8) is 0 Å². The molecule has 0 bridgehead atoms. The number of aliphatic hydroxyl groups is 1. The number of halogens is 1. The number of primary amides is 1. The molecule has 0 aromatic heterocycles. The van der Waals surface area contributed by atoms with Crippen LogP contribution in [0.4, 0.5) is 0 Å². The summed E-state index contributed by atoms with van der Waals surface area (Å²) in [7, 11) is 0. The first kappa shape index (κ1) is 20.4. The van der Waals surface area contributed by atoms with Crippen LogP contribution in [0.15, 0.2) is 40.5 Å². The van der Waals surface area contributed by atoms with Gasteiger partial charge in [-0.2, -0.15) is 0 Å². The van der Waals surface area contributed by atoms with Crippen molar-refractivity contribution >= 4 is 29.3 Å². The number of nitrogens with two attached hydrogens (primary N) is 1. The molecule has 2 heterocycles. The first-order chi connectivity index (χ1) is 13.4. The Balaban J connectivity index is 1.87. The van der Waals surface area contributed by atoms with Gasteiger partial charge >= 0.3 is 0 Å². The van der Waals surface area contributed by atoms with Gasteiger partial charge in [-0.15, -0.1) is 0 Å². The average Bonchev–Trinajstić information content (AvgIpc) is 2.66. The number of carbonyl (C=O) groups excluding carboxylic acids is 2. The number of unbranched alkanes of at least 4 members (excludes halogenated alkanes) is 1. The summed E-state index contributed by atoms with van der Waals surface area (Å²) in [6, 6.07) is 7.24. The smallest absolute Gasteiger partial charge is 0.232 e. The lowest BCUT2D eigenvalue weighted by atomic mass is 9.88. The quantitative estimate of drug-likeness (QED) is 0.628. The summed E-state index contributed by atoms with van der Waals surface area (Å²) < 4.78 is 0. The first-order valence-electron chi connectivity index (χ1n) is 9.46. The molecule has 28 heavy (non-hydrogen) atoms. The van der Waals surface area contributed by atoms with Crippen LogP contribution in [-0.2, 0) is 9.59 Å². The summed E-state index contributed by atoms with van der Waals surface area (Å²) in [5.41, 5.74) is 7.60. The van der Waals surface area contributed by atoms with Gasteiger partial charge < -0.3 is 21.1 Å². The Morgan fingerprint density at radius 3 is 2.71 bits per heavy atom. The molecule has 7 nitrogen and oxygen atoms in total. The molecule has 0 aliphatic carbocycles. The van der Waals surface area contributed by atoms with Gasteiger partial charge in [0.15, 0.2) is 6.23 Å². The number of amides is 2. The van der Waals surface area contributed by atoms with E-state index in [4.69, 9.17) is 17.3 Å². The molecule has 8 heteroatoms. The average molecular weight is 405 g/mol. The van der Waals surface area contributed by atoms with E-state index in [0.717, 1.165) is 30.5 Å². The third-order valence-corrected chi connectivity index (χ3v) is 5.33. The lowest BCUT2D eigenvalue weighted by Gasteiger charge is -2.40. The molecule has 2 aliphatic heterocycles. The Morgan fingerprint density at radius 1 is 1.36 bits per heavy atom. The molecule has 2 atom stereocenters. The van der Waals surface area contributed by atoms with E-state index in [2.05, 4.69) is 17.2 Å². The molecule has 0 fully saturated rings. The Hall–Kier alpha value is -2.38. The Kier molecular flexibility index (Phi) is 6.36. The van der Waals surface area contributed by atoms with E-state index in [1.807, 2.05) is 12.1 Å². The zero-order valence-electron chi connectivity index (χ0n) is 15.8. The molecule has 2 amide bonds. The van der Waals surface area contributed by atoms with Gasteiger partial charge in [-0.05, 0) is 30.7 Å². The topological polar surface area (TPSA) is 108 Å². The summed E-state index contributed by atoms with van der Waals surface area (Å²) in [6.45, 7) is 2.83. The van der Waals surface area contributed by atoms with Gasteiger partial charge in [0.05, 0.1) is 0 Å². The van der Waals surface area contributed by atoms with E-state index in [0.29, 0.717) is 23.0 Å². The predicted molar refractivity (Wildman–Crippen MR) is 108 cm³/mol. The highest BCUT2D eigenvalue weighted by Crippen LogP contribution is 2.31. The number of nitrogens with one attached hydrogen (secondary N) is 1. The molecule has 0 radical (unpaired) electrons. The molecule has 150 valence electrons. The SMILES string of the molecule is CCCCC1CN(C(=O)CC(N)=O)CC2=C1NC(c1ccc(Cl)cc1)=NC2O. The number of nitrogens with zero attached hydrogens (tertiary/aromatic N) is 2. The monoisotopic (exact) mass is 404 g/mol. The summed E-state index contributed by atoms with van der Waals surface area (Å²) in [5, 5.41) is 14.7. The maximum Gasteiger partial charge on any atom is 0.232 e. The number of aliphatic imine (C=N–C) groups is 1. The molecular weight excluding hydrogens is 380 g/mol. The van der Waals surface area contributed by atoms with Crippen LogP contribution >= 0.6 is 11.6 Å². The Bertz CT molecular complexity index is 819. The molecule has 0 spiro atoms. The van der Waals surface area contributed by atoms with Crippen molar-refractivity contribution in [2.75, 3.05) is 13.1 Å². The lowest BCUT2D eigenvalue weighted by Crippen LogP contribution is -2.49. The van der Waals surface area contributed by atoms with Crippen molar-refractivity contribution in [1.82, 2.24) is 10.2 Å². The van der Waals surface area contributed by atoms with E-state index in [1.165, 1.54) is 0 Å². The van der Waals surface area contributed by atoms with E-state index < -0.39 is 12.1 Å². The van der Waals surface area contributed by atoms with Crippen LogP contribution in [0, 0.1) is 5.92 Å². The second-order valence-electron chi connectivity index (χ2n) is 7.18. The summed E-state index contributed by atoms with van der Waals surface area (Å²) in [5.74, 6) is -0.352. The molecule has 1 aromatic rings. The summed E-state index contributed by atoms with van der Waals surface area (Å²) >= 11 is 5.96. The molecule has 4 N–H and O–H groups in total. The van der Waals surface area contributed by atoms with Crippen LogP contribution in [0.3, 0.4) is 0 Å². The zero-order valence-corrected chi connectivity index (χ0v) is 16.6. The summed E-state index contributed by atoms with van der Waals surface area (Å²) in [4.78, 5) is 29.5. The van der Waals surface area contributed by atoms with Crippen LogP contribution in [0.1, 0.15) is 38.2 Å². The van der Waals surface area contributed by atoms with Crippen molar-refractivity contribution in [2.24, 2.45) is 16.6 Å². The number of benzene rings is 1. The Labute approximate surface area is 169 Å². The van der Waals surface area contributed by atoms with Gasteiger partial charge in [-0.1, -0.05) is 31.4 Å². The highest BCUT2D eigenvalue weighted by molar-refractivity contribution is 6.30. The molecule has 0 saturated heterocycles. The fourth-order valence-corrected chi connectivity index (χ4v) is 3.76. The van der Waals surface area contributed by atoms with Crippen LogP contribution in [0.25, 0.3) is 0 Å². The standard InChI is InChI=1S/C20H25ClN4O3/c1-2-3-4-13-10-25(17(27)9-16(22)26)11-15-18(13)23-19(24-20(15)28)12-5-7-14(21)8-6-12/h5-8,13,20,28H,2-4,9-11H2,1H3,(H2,22,26)(H,23,24). The van der Waals surface area contributed by atoms with Gasteiger partial charge in [0.2, 0.25) is 11.8 Å². The van der Waals surface area contributed by atoms with Gasteiger partial charge in [-0.25, -0.2) is 4.99 Å². The number of aliphatic hydroxyl groups excluding tert-OH is 1. The predicted octanol–water partition coefficient (Wildman–Crippen LogP) is 1.79. The van der Waals surface area contributed by atoms with E-state index in [1.54, 1.807) is 17.0 Å². The molecule has 3 rings (SSSR count). The number of hydrogen-bond acceptors (Lipinski definition) is 5. The number of amidine groups is 1. The minimum atomic E-state index is -1.05. The molecule has 1 aromatic carbocycles. The highest BCUT2D eigenvalue weighted by atomic mass is 35.5. The van der Waals surface area contributed by atoms with E-state index in [9.17, 15) is 14.7 Å². The van der Waals surface area contributed by atoms with Crippen molar-refractivity contribution in [3.05, 3.63) is 46.1 Å². The number of carbonyl (C=O) groups is 2. The molecule has 0 saturated carbocycles. The first-order valence-corrected chi connectivity index (χ1v) is 9.84. The van der Waals surface area contributed by atoms with Crippen molar-refractivity contribution in [3.8, 4) is 0 Å². The second-order valence-corrected chi connectivity index (χ2v) is 7.62. The van der Waals surface area contributed by atoms with Crippen LogP contribution in [-0.4, -0.2) is 47.0 Å². The van der Waals surface area contributed by atoms with Gasteiger partial charge in [-0.3, -0.25) is 9.59 Å². The third-order valence-electron chi connectivity index (χ3n) is 5.07. The number of hydrogen-bond donors (Lipinski definition) is 3. The fourth-order valence-electron chi connectivity index (χ4n) is 3.63. The van der Waals surface area contributed by atoms with Crippen LogP contribution < -0.4 is 11.1 Å². The van der Waals surface area contributed by atoms with E-state index in [-0.39, 0.29) is 24.8 Å². The van der Waals surface area contributed by atoms with Crippen molar-refractivity contribution < 1.29 is 14.7 Å². The zero-order chi connectivity index (χ0) is 20.3. The van der Waals surface area contributed by atoms with Gasteiger partial charge in [0.1, 0.15) is 12.3 Å².